The first-order valence-electron chi connectivity index (χ1n) is 7.99. The monoisotopic (exact) mass is 460 g/mol. The molecule has 6 nitrogen and oxygen atoms in total. The van der Waals surface area contributed by atoms with Crippen LogP contribution >= 0.6 is 34.8 Å². The molecule has 0 radical (unpaired) electrons. The van der Waals surface area contributed by atoms with Gasteiger partial charge in [-0.15, -0.1) is 11.6 Å². The van der Waals surface area contributed by atoms with Gasteiger partial charge in [0.15, 0.2) is 10.7 Å². The molecule has 28 heavy (non-hydrogen) atoms. The van der Waals surface area contributed by atoms with Crippen LogP contribution in [0, 0.1) is 0 Å². The van der Waals surface area contributed by atoms with Crippen LogP contribution in [0.4, 0.5) is 0 Å². The number of ketones is 1. The van der Waals surface area contributed by atoms with Crippen LogP contribution in [-0.2, 0) is 10.1 Å². The summed E-state index contributed by atoms with van der Waals surface area (Å²) >= 11 is 19.0. The summed E-state index contributed by atoms with van der Waals surface area (Å²) in [6.45, 7) is 2.82. The minimum atomic E-state index is -4.54. The maximum atomic E-state index is 13.4. The number of allylic oxidation sites excluding steroid dienone is 2. The third-order valence-corrected chi connectivity index (χ3v) is 7.25. The number of H-pyrrole nitrogens is 1. The van der Waals surface area contributed by atoms with Crippen molar-refractivity contribution < 1.29 is 17.8 Å². The molecule has 2 aromatic rings. The molecule has 1 aromatic heterocycles. The van der Waals surface area contributed by atoms with Crippen molar-refractivity contribution in [3.05, 3.63) is 69.5 Å². The van der Waals surface area contributed by atoms with Gasteiger partial charge < -0.3 is 0 Å². The number of halogens is 3. The molecule has 1 aliphatic carbocycles. The zero-order valence-corrected chi connectivity index (χ0v) is 17.8. The Morgan fingerprint density at radius 1 is 1.21 bits per heavy atom. The highest BCUT2D eigenvalue weighted by Gasteiger charge is 2.51. The number of hydrogen-bond acceptors (Lipinski definition) is 4. The van der Waals surface area contributed by atoms with E-state index in [1.54, 1.807) is 6.07 Å². The van der Waals surface area contributed by atoms with Gasteiger partial charge in [-0.1, -0.05) is 29.3 Å². The zero-order chi connectivity index (χ0) is 20.9. The van der Waals surface area contributed by atoms with Crippen molar-refractivity contribution >= 4 is 56.3 Å². The number of carbonyl (C=O) groups is 1. The Morgan fingerprint density at radius 3 is 2.43 bits per heavy atom. The van der Waals surface area contributed by atoms with Crippen molar-refractivity contribution in [2.75, 3.05) is 0 Å². The van der Waals surface area contributed by atoms with Crippen LogP contribution in [0.15, 0.2) is 48.2 Å². The smallest absolute Gasteiger partial charge is 0.277 e. The fourth-order valence-electron chi connectivity index (χ4n) is 3.15. The molecule has 2 N–H and O–H groups in total. The third-order valence-electron chi connectivity index (χ3n) is 4.68. The average molecular weight is 462 g/mol. The van der Waals surface area contributed by atoms with E-state index in [9.17, 15) is 17.8 Å². The predicted octanol–water partition coefficient (Wildman–Crippen LogP) is 4.57. The largest absolute Gasteiger partial charge is 0.291 e. The molecule has 1 aromatic carbocycles. The molecule has 0 spiro atoms. The van der Waals surface area contributed by atoms with Crippen molar-refractivity contribution in [2.24, 2.45) is 0 Å². The molecule has 0 saturated carbocycles. The Hall–Kier alpha value is -1.64. The molecule has 2 atom stereocenters. The molecule has 0 bridgehead atoms. The number of benzene rings is 1. The number of alkyl halides is 1. The Labute approximate surface area is 176 Å². The first-order chi connectivity index (χ1) is 12.9. The molecule has 10 heteroatoms. The second kappa shape index (κ2) is 7.00. The van der Waals surface area contributed by atoms with Crippen molar-refractivity contribution in [1.82, 2.24) is 10.2 Å². The van der Waals surface area contributed by atoms with E-state index in [1.165, 1.54) is 50.4 Å². The quantitative estimate of drug-likeness (QED) is 0.301. The standard InChI is InChI=1S/C18H15Cl3N2O4S/c1-10-8-17(2,28(25,26)27)9-13(15-5-6-22-23-15)18(10,21)16(24)12-4-3-11(19)7-14(12)20/h3-9H,1-2H3,(H,22,23)(H,25,26,27). The predicted molar refractivity (Wildman–Crippen MR) is 110 cm³/mol. The number of rotatable bonds is 4. The molecule has 2 unspecified atom stereocenters. The van der Waals surface area contributed by atoms with Crippen LogP contribution in [0.3, 0.4) is 0 Å². The van der Waals surface area contributed by atoms with Crippen LogP contribution in [0.5, 0.6) is 0 Å². The van der Waals surface area contributed by atoms with Gasteiger partial charge in [-0.05, 0) is 49.8 Å². The van der Waals surface area contributed by atoms with E-state index in [0.29, 0.717) is 10.7 Å². The summed E-state index contributed by atoms with van der Waals surface area (Å²) in [6.07, 6.45) is 3.92. The van der Waals surface area contributed by atoms with Gasteiger partial charge in [0, 0.05) is 22.4 Å². The topological polar surface area (TPSA) is 100 Å². The van der Waals surface area contributed by atoms with Gasteiger partial charge in [-0.2, -0.15) is 13.5 Å². The first-order valence-corrected chi connectivity index (χ1v) is 10.6. The van der Waals surface area contributed by atoms with Crippen molar-refractivity contribution in [2.45, 2.75) is 23.5 Å². The lowest BCUT2D eigenvalue weighted by Crippen LogP contribution is -2.44. The van der Waals surface area contributed by atoms with Crippen molar-refractivity contribution in [3.8, 4) is 0 Å². The summed E-state index contributed by atoms with van der Waals surface area (Å²) in [7, 11) is -4.54. The summed E-state index contributed by atoms with van der Waals surface area (Å²) in [5.41, 5.74) is 0.811. The van der Waals surface area contributed by atoms with Crippen LogP contribution < -0.4 is 0 Å². The molecule has 0 amide bonds. The van der Waals surface area contributed by atoms with Gasteiger partial charge >= 0.3 is 0 Å². The van der Waals surface area contributed by atoms with Crippen LogP contribution in [0.2, 0.25) is 10.0 Å². The highest BCUT2D eigenvalue weighted by Crippen LogP contribution is 2.48. The lowest BCUT2D eigenvalue weighted by Gasteiger charge is -2.37. The highest BCUT2D eigenvalue weighted by molar-refractivity contribution is 7.87. The third kappa shape index (κ3) is 3.31. The molecular weight excluding hydrogens is 447 g/mol. The molecule has 148 valence electrons. The summed E-state index contributed by atoms with van der Waals surface area (Å²) in [5.74, 6) is -0.567. The average Bonchev–Trinajstić information content (AvgIpc) is 3.11. The molecule has 0 fully saturated rings. The van der Waals surface area contributed by atoms with E-state index in [1.807, 2.05) is 0 Å². The number of aromatic nitrogens is 2. The second-order valence-electron chi connectivity index (χ2n) is 6.63. The zero-order valence-electron chi connectivity index (χ0n) is 14.7. The number of nitrogens with one attached hydrogen (secondary N) is 1. The van der Waals surface area contributed by atoms with E-state index in [0.717, 1.165) is 0 Å². The minimum Gasteiger partial charge on any atom is -0.291 e. The summed E-state index contributed by atoms with van der Waals surface area (Å²) in [4.78, 5) is 11.7. The minimum absolute atomic E-state index is 0.109. The molecule has 3 rings (SSSR count). The van der Waals surface area contributed by atoms with Crippen molar-refractivity contribution in [1.29, 1.82) is 0 Å². The Balaban J connectivity index is 2.27. The van der Waals surface area contributed by atoms with Gasteiger partial charge in [0.1, 0.15) is 4.75 Å². The normalized spacial score (nSPS) is 25.2. The van der Waals surface area contributed by atoms with Crippen LogP contribution in [-0.4, -0.2) is 38.6 Å². The molecule has 0 saturated heterocycles. The number of aromatic amines is 1. The fraction of sp³-hybridized carbons (Fsp3) is 0.222. The van der Waals surface area contributed by atoms with E-state index >= 15 is 0 Å². The Bertz CT molecular complexity index is 1130. The van der Waals surface area contributed by atoms with Gasteiger partial charge in [0.2, 0.25) is 0 Å². The molecule has 0 aliphatic heterocycles. The van der Waals surface area contributed by atoms with E-state index in [2.05, 4.69) is 10.2 Å². The van der Waals surface area contributed by atoms with Gasteiger partial charge in [-0.3, -0.25) is 14.4 Å². The summed E-state index contributed by atoms with van der Waals surface area (Å²) < 4.78 is 31.9. The van der Waals surface area contributed by atoms with E-state index in [-0.39, 0.29) is 21.7 Å². The molecule has 1 heterocycles. The maximum absolute atomic E-state index is 13.4. The van der Waals surface area contributed by atoms with E-state index < -0.39 is 25.5 Å². The van der Waals surface area contributed by atoms with Gasteiger partial charge in [0.05, 0.1) is 10.7 Å². The highest BCUT2D eigenvalue weighted by atomic mass is 35.5. The second-order valence-corrected chi connectivity index (χ2v) is 9.87. The Kier molecular flexibility index (Phi) is 5.27. The van der Waals surface area contributed by atoms with Crippen LogP contribution in [0.25, 0.3) is 5.57 Å². The summed E-state index contributed by atoms with van der Waals surface area (Å²) in [6, 6.07) is 5.92. The van der Waals surface area contributed by atoms with E-state index in [4.69, 9.17) is 34.8 Å². The van der Waals surface area contributed by atoms with Gasteiger partial charge in [0.25, 0.3) is 10.1 Å². The number of nitrogens with zero attached hydrogens (tertiary/aromatic N) is 1. The summed E-state index contributed by atoms with van der Waals surface area (Å²) in [5, 5.41) is 7.00. The maximum Gasteiger partial charge on any atom is 0.277 e. The SMILES string of the molecule is CC1=CC(C)(S(=O)(=O)O)C=C(c2ccn[nH]2)C1(Cl)C(=O)c1ccc(Cl)cc1Cl. The lowest BCUT2D eigenvalue weighted by atomic mass is 9.76. The number of hydrogen-bond donors (Lipinski definition) is 2. The van der Waals surface area contributed by atoms with Gasteiger partial charge in [-0.25, -0.2) is 0 Å². The first kappa shape index (κ1) is 21.1. The van der Waals surface area contributed by atoms with Crippen LogP contribution in [0.1, 0.15) is 29.9 Å². The lowest BCUT2D eigenvalue weighted by molar-refractivity contribution is 0.0975. The molecular formula is C18H15Cl3N2O4S. The number of Topliss-reactive ketones (excluding diaryl/α,β-unsaturated/α-hetero) is 1. The fourth-order valence-corrected chi connectivity index (χ4v) is 4.55. The Morgan fingerprint density at radius 2 is 1.89 bits per heavy atom. The number of carbonyl (C=O) groups excluding carboxylic acids is 1. The molecule has 1 aliphatic rings. The van der Waals surface area contributed by atoms with Crippen molar-refractivity contribution in [3.63, 3.8) is 0 Å².